The quantitative estimate of drug-likeness (QED) is 0.749. The molecular formula is C24H31ClN4O. The lowest BCUT2D eigenvalue weighted by Gasteiger charge is -2.33. The van der Waals surface area contributed by atoms with Crippen LogP contribution in [0.25, 0.3) is 0 Å². The summed E-state index contributed by atoms with van der Waals surface area (Å²) in [5, 5.41) is 4.02. The molecule has 0 spiro atoms. The summed E-state index contributed by atoms with van der Waals surface area (Å²) >= 11 is 6.48. The van der Waals surface area contributed by atoms with Gasteiger partial charge in [-0.1, -0.05) is 41.4 Å². The summed E-state index contributed by atoms with van der Waals surface area (Å²) in [5.41, 5.74) is 3.27. The number of benzene rings is 1. The first-order chi connectivity index (χ1) is 14.6. The molecule has 1 amide bonds. The van der Waals surface area contributed by atoms with Gasteiger partial charge < -0.3 is 10.2 Å². The van der Waals surface area contributed by atoms with Crippen molar-refractivity contribution >= 4 is 23.3 Å². The highest BCUT2D eigenvalue weighted by Gasteiger charge is 2.22. The second-order valence-corrected chi connectivity index (χ2v) is 9.00. The van der Waals surface area contributed by atoms with E-state index in [0.717, 1.165) is 58.4 Å². The molecule has 0 unspecified atom stereocenters. The molecule has 6 heteroatoms. The summed E-state index contributed by atoms with van der Waals surface area (Å²) in [6, 6.07) is 10.9. The SMILES string of the molecule is Cc1cccc(CN2CCC(Nc3ncc(C(=O)N4CCCCC4)cc3Cl)CC2)c1. The van der Waals surface area contributed by atoms with Crippen LogP contribution in [0.2, 0.25) is 5.02 Å². The molecule has 2 fully saturated rings. The van der Waals surface area contributed by atoms with Gasteiger partial charge in [-0.3, -0.25) is 9.69 Å². The highest BCUT2D eigenvalue weighted by atomic mass is 35.5. The van der Waals surface area contributed by atoms with E-state index >= 15 is 0 Å². The molecule has 160 valence electrons. The summed E-state index contributed by atoms with van der Waals surface area (Å²) in [7, 11) is 0. The second kappa shape index (κ2) is 9.80. The molecule has 2 aromatic rings. The van der Waals surface area contributed by atoms with Gasteiger partial charge in [-0.2, -0.15) is 0 Å². The van der Waals surface area contributed by atoms with E-state index in [1.165, 1.54) is 17.5 Å². The first-order valence-corrected chi connectivity index (χ1v) is 11.5. The normalized spacial score (nSPS) is 18.4. The smallest absolute Gasteiger partial charge is 0.255 e. The maximum atomic E-state index is 12.7. The highest BCUT2D eigenvalue weighted by Crippen LogP contribution is 2.25. The third kappa shape index (κ3) is 5.32. The van der Waals surface area contributed by atoms with E-state index in [9.17, 15) is 4.79 Å². The fourth-order valence-corrected chi connectivity index (χ4v) is 4.66. The van der Waals surface area contributed by atoms with Crippen LogP contribution in [0.1, 0.15) is 53.6 Å². The lowest BCUT2D eigenvalue weighted by molar-refractivity contribution is 0.0724. The van der Waals surface area contributed by atoms with E-state index in [1.54, 1.807) is 12.3 Å². The predicted molar refractivity (Wildman–Crippen MR) is 122 cm³/mol. The summed E-state index contributed by atoms with van der Waals surface area (Å²) in [5.74, 6) is 0.726. The third-order valence-electron chi connectivity index (χ3n) is 6.15. The molecule has 1 aromatic heterocycles. The monoisotopic (exact) mass is 426 g/mol. The van der Waals surface area contributed by atoms with Gasteiger partial charge in [0.1, 0.15) is 5.82 Å². The number of piperidine rings is 2. The predicted octanol–water partition coefficient (Wildman–Crippen LogP) is 4.75. The Morgan fingerprint density at radius 3 is 2.60 bits per heavy atom. The number of nitrogens with zero attached hydrogens (tertiary/aromatic N) is 3. The molecule has 2 saturated heterocycles. The molecule has 5 nitrogen and oxygen atoms in total. The Bertz CT molecular complexity index is 873. The molecule has 2 aliphatic rings. The van der Waals surface area contributed by atoms with Crippen LogP contribution in [0.3, 0.4) is 0 Å². The molecule has 0 saturated carbocycles. The van der Waals surface area contributed by atoms with Crippen molar-refractivity contribution in [1.82, 2.24) is 14.8 Å². The lowest BCUT2D eigenvalue weighted by Crippen LogP contribution is -2.39. The van der Waals surface area contributed by atoms with Crippen molar-refractivity contribution in [3.8, 4) is 0 Å². The summed E-state index contributed by atoms with van der Waals surface area (Å²) in [6.07, 6.45) is 7.13. The number of aromatic nitrogens is 1. The number of halogens is 1. The lowest BCUT2D eigenvalue weighted by atomic mass is 10.0. The zero-order valence-corrected chi connectivity index (χ0v) is 18.5. The van der Waals surface area contributed by atoms with Crippen molar-refractivity contribution in [3.63, 3.8) is 0 Å². The zero-order valence-electron chi connectivity index (χ0n) is 17.7. The Balaban J connectivity index is 1.30. The van der Waals surface area contributed by atoms with Crippen LogP contribution in [-0.2, 0) is 6.54 Å². The van der Waals surface area contributed by atoms with Crippen molar-refractivity contribution < 1.29 is 4.79 Å². The molecule has 0 bridgehead atoms. The van der Waals surface area contributed by atoms with Gasteiger partial charge in [0.2, 0.25) is 0 Å². The van der Waals surface area contributed by atoms with E-state index in [2.05, 4.69) is 46.4 Å². The Labute approximate surface area is 184 Å². The third-order valence-corrected chi connectivity index (χ3v) is 6.44. The number of rotatable bonds is 5. The largest absolute Gasteiger partial charge is 0.366 e. The number of amides is 1. The summed E-state index contributed by atoms with van der Waals surface area (Å²) in [4.78, 5) is 21.6. The maximum Gasteiger partial charge on any atom is 0.255 e. The van der Waals surface area contributed by atoms with Crippen molar-refractivity contribution in [3.05, 3.63) is 58.2 Å². The standard InChI is InChI=1S/C24H31ClN4O/c1-18-6-5-7-19(14-18)17-28-12-8-21(9-13-28)27-23-22(25)15-20(16-26-23)24(30)29-10-3-2-4-11-29/h5-7,14-16,21H,2-4,8-13,17H2,1H3,(H,26,27). The number of aryl methyl sites for hydroxylation is 1. The van der Waals surface area contributed by atoms with E-state index in [-0.39, 0.29) is 5.91 Å². The van der Waals surface area contributed by atoms with Crippen molar-refractivity contribution in [2.75, 3.05) is 31.5 Å². The van der Waals surface area contributed by atoms with Crippen LogP contribution in [-0.4, -0.2) is 52.9 Å². The van der Waals surface area contributed by atoms with Gasteiger partial charge in [0.05, 0.1) is 10.6 Å². The number of hydrogen-bond acceptors (Lipinski definition) is 4. The molecule has 30 heavy (non-hydrogen) atoms. The van der Waals surface area contributed by atoms with Gasteiger partial charge in [-0.05, 0) is 50.7 Å². The molecule has 3 heterocycles. The molecule has 0 atom stereocenters. The van der Waals surface area contributed by atoms with Crippen molar-refractivity contribution in [1.29, 1.82) is 0 Å². The molecule has 0 radical (unpaired) electrons. The van der Waals surface area contributed by atoms with Crippen LogP contribution in [0.15, 0.2) is 36.5 Å². The summed E-state index contributed by atoms with van der Waals surface area (Å²) < 4.78 is 0. The Hall–Kier alpha value is -2.11. The minimum Gasteiger partial charge on any atom is -0.366 e. The molecule has 1 N–H and O–H groups in total. The Kier molecular flexibility index (Phi) is 6.90. The van der Waals surface area contributed by atoms with E-state index in [4.69, 9.17) is 11.6 Å². The number of pyridine rings is 1. The van der Waals surface area contributed by atoms with Crippen LogP contribution < -0.4 is 5.32 Å². The Morgan fingerprint density at radius 1 is 1.13 bits per heavy atom. The zero-order chi connectivity index (χ0) is 20.9. The van der Waals surface area contributed by atoms with Gasteiger partial charge in [-0.25, -0.2) is 4.98 Å². The second-order valence-electron chi connectivity index (χ2n) is 8.59. The van der Waals surface area contributed by atoms with Gasteiger partial charge in [0.15, 0.2) is 0 Å². The summed E-state index contributed by atoms with van der Waals surface area (Å²) in [6.45, 7) is 6.90. The molecule has 2 aliphatic heterocycles. The molecule has 0 aliphatic carbocycles. The maximum absolute atomic E-state index is 12.7. The van der Waals surface area contributed by atoms with Crippen LogP contribution in [0.5, 0.6) is 0 Å². The van der Waals surface area contributed by atoms with E-state index < -0.39 is 0 Å². The molecule has 4 rings (SSSR count). The van der Waals surface area contributed by atoms with Crippen LogP contribution >= 0.6 is 11.6 Å². The van der Waals surface area contributed by atoms with E-state index in [1.807, 2.05) is 4.90 Å². The van der Waals surface area contributed by atoms with Crippen molar-refractivity contribution in [2.24, 2.45) is 0 Å². The van der Waals surface area contributed by atoms with Crippen LogP contribution in [0, 0.1) is 6.92 Å². The number of likely N-dealkylation sites (tertiary alicyclic amines) is 2. The fourth-order valence-electron chi connectivity index (χ4n) is 4.44. The minimum atomic E-state index is 0.0418. The molecule has 1 aromatic carbocycles. The van der Waals surface area contributed by atoms with E-state index in [0.29, 0.717) is 22.4 Å². The van der Waals surface area contributed by atoms with Gasteiger partial charge in [0.25, 0.3) is 5.91 Å². The first-order valence-electron chi connectivity index (χ1n) is 11.1. The van der Waals surface area contributed by atoms with Gasteiger partial charge in [-0.15, -0.1) is 0 Å². The number of carbonyl (C=O) groups excluding carboxylic acids is 1. The minimum absolute atomic E-state index is 0.0418. The fraction of sp³-hybridized carbons (Fsp3) is 0.500. The van der Waals surface area contributed by atoms with Crippen LogP contribution in [0.4, 0.5) is 5.82 Å². The average molecular weight is 427 g/mol. The number of hydrogen-bond donors (Lipinski definition) is 1. The first kappa shape index (κ1) is 21.1. The number of anilines is 1. The highest BCUT2D eigenvalue weighted by molar-refractivity contribution is 6.33. The topological polar surface area (TPSA) is 48.5 Å². The molecular weight excluding hydrogens is 396 g/mol. The Morgan fingerprint density at radius 2 is 1.90 bits per heavy atom. The number of carbonyl (C=O) groups is 1. The average Bonchev–Trinajstić information content (AvgIpc) is 2.76. The number of nitrogens with one attached hydrogen (secondary N) is 1. The van der Waals surface area contributed by atoms with Gasteiger partial charge >= 0.3 is 0 Å². The van der Waals surface area contributed by atoms with Crippen molar-refractivity contribution in [2.45, 2.75) is 51.6 Å². The van der Waals surface area contributed by atoms with Gasteiger partial charge in [0, 0.05) is 45.0 Å².